The van der Waals surface area contributed by atoms with Crippen molar-refractivity contribution in [3.63, 3.8) is 0 Å². The molecular weight excluding hydrogens is 1120 g/mol. The van der Waals surface area contributed by atoms with Crippen molar-refractivity contribution in [2.75, 3.05) is 27.7 Å². The van der Waals surface area contributed by atoms with Crippen LogP contribution < -0.4 is 169 Å². The third-order valence-electron chi connectivity index (χ3n) is 8.37. The number of nitrogens with zero attached hydrogens (tertiary/aromatic N) is 5. The zero-order valence-corrected chi connectivity index (χ0v) is 51.4. The van der Waals surface area contributed by atoms with E-state index in [-0.39, 0.29) is 164 Å². The van der Waals surface area contributed by atoms with E-state index < -0.39 is 147 Å². The van der Waals surface area contributed by atoms with E-state index in [0.717, 1.165) is 36.4 Å². The number of aromatic nitrogens is 3. The molecule has 0 atom stereocenters. The monoisotopic (exact) mass is 1130 g/mol. The molecule has 0 aliphatic carbocycles. The first-order valence-corrected chi connectivity index (χ1v) is 25.8. The van der Waals surface area contributed by atoms with Gasteiger partial charge in [-0.25, -0.2) is 42.1 Å². The van der Waals surface area contributed by atoms with E-state index in [4.69, 9.17) is 11.6 Å². The number of benzene rings is 5. The summed E-state index contributed by atoms with van der Waals surface area (Å²) in [5.41, 5.74) is 2.19. The van der Waals surface area contributed by atoms with Gasteiger partial charge < -0.3 is 28.6 Å². The third-order valence-corrected chi connectivity index (χ3v) is 14.7. The predicted molar refractivity (Wildman–Crippen MR) is 214 cm³/mol. The van der Waals surface area contributed by atoms with Crippen LogP contribution in [0.5, 0.6) is 5.75 Å². The molecule has 0 amide bonds. The number of hydrogen-bond donors (Lipinski definition) is 4. The summed E-state index contributed by atoms with van der Waals surface area (Å²) >= 11 is 6.03. The molecule has 5 aromatic carbocycles. The van der Waals surface area contributed by atoms with E-state index in [9.17, 15) is 78.4 Å². The first-order chi connectivity index (χ1) is 29.4. The van der Waals surface area contributed by atoms with Crippen LogP contribution in [0, 0.1) is 0 Å². The van der Waals surface area contributed by atoms with E-state index >= 15 is 0 Å². The molecule has 69 heavy (non-hydrogen) atoms. The van der Waals surface area contributed by atoms with Crippen molar-refractivity contribution in [3.8, 4) is 5.75 Å². The van der Waals surface area contributed by atoms with E-state index in [2.05, 4.69) is 41.3 Å². The van der Waals surface area contributed by atoms with Crippen molar-refractivity contribution in [1.29, 1.82) is 0 Å². The third kappa shape index (κ3) is 16.9. The van der Waals surface area contributed by atoms with Gasteiger partial charge in [0, 0.05) is 21.8 Å². The molecule has 0 aliphatic rings. The quantitative estimate of drug-likeness (QED) is 0.0321. The summed E-state index contributed by atoms with van der Waals surface area (Å²) in [4.78, 5) is 6.76. The Morgan fingerprint density at radius 3 is 1.74 bits per heavy atom. The molecule has 26 nitrogen and oxygen atoms in total. The van der Waals surface area contributed by atoms with Crippen LogP contribution >= 0.6 is 11.6 Å². The number of hydrogen-bond acceptors (Lipinski definition) is 25. The average Bonchev–Trinajstić information content (AvgIpc) is 3.16. The van der Waals surface area contributed by atoms with Gasteiger partial charge in [-0.3, -0.25) is 15.4 Å². The molecule has 0 bridgehead atoms. The molecule has 1 heterocycles. The topological polar surface area (TPSA) is 440 Å². The van der Waals surface area contributed by atoms with Gasteiger partial charge in [-0.1, -0.05) is 17.9 Å². The van der Waals surface area contributed by atoms with E-state index in [0.29, 0.717) is 24.3 Å². The standard InChI is InChI=1S/C31H25ClN8O18S6.5Na/c32-29-34-30(33-16-4-6-18(7-5-16)59(42,43)8-9-60(44,45)46)36-31(35-29)40-38-22-14-19(61(47,48)49)10-15-11-25(64(56,57)58)27(28(41)26(15)22)39-37-17-12-21-20(24(13-17)63(53,54)55)2-1-3-23(21)62(50,51)52;;;;;/h1-7,10-14,38,41H,8-9H2,(H,44,45,46)(H,47,48,49)(H,50,51,52)(H,53,54,55)(H,56,57,58)(H2,33,34,35,36,40);;;;;/q;5*+1/p-5. The molecule has 38 heteroatoms. The van der Waals surface area contributed by atoms with Crippen molar-refractivity contribution in [2.24, 2.45) is 10.2 Å². The molecule has 4 N–H and O–H groups in total. The maximum absolute atomic E-state index is 14.1. The zero-order chi connectivity index (χ0) is 47.4. The summed E-state index contributed by atoms with van der Waals surface area (Å²) in [5, 5.41) is 20.8. The Bertz CT molecular complexity index is 3680. The Balaban J connectivity index is 0.00000476. The Morgan fingerprint density at radius 1 is 0.594 bits per heavy atom. The van der Waals surface area contributed by atoms with Crippen molar-refractivity contribution in [2.45, 2.75) is 24.5 Å². The van der Waals surface area contributed by atoms with Gasteiger partial charge in [0.1, 0.15) is 35.2 Å². The van der Waals surface area contributed by atoms with Gasteiger partial charge in [0.05, 0.1) is 58.3 Å². The molecule has 0 radical (unpaired) electrons. The Kier molecular flexibility index (Phi) is 24.2. The Labute approximate surface area is 507 Å². The molecular formula is C31H20ClN8Na5O18S6. The first-order valence-electron chi connectivity index (χ1n) is 16.5. The van der Waals surface area contributed by atoms with Crippen LogP contribution in [0.4, 0.5) is 34.6 Å². The van der Waals surface area contributed by atoms with Gasteiger partial charge in [-0.15, -0.1) is 5.11 Å². The number of nitrogens with one attached hydrogen (secondary N) is 3. The maximum atomic E-state index is 14.1. The van der Waals surface area contributed by atoms with Crippen molar-refractivity contribution < 1.29 is 226 Å². The minimum Gasteiger partial charge on any atom is -0.870 e. The number of sulfone groups is 1. The summed E-state index contributed by atoms with van der Waals surface area (Å²) in [6.07, 6.45) is 0. The van der Waals surface area contributed by atoms with Crippen molar-refractivity contribution >= 4 is 128 Å². The fraction of sp³-hybridized carbons (Fsp3) is 0.0645. The fourth-order valence-electron chi connectivity index (χ4n) is 5.67. The number of rotatable bonds is 15. The summed E-state index contributed by atoms with van der Waals surface area (Å²) in [6.45, 7) is 0. The van der Waals surface area contributed by atoms with Crippen LogP contribution in [0.3, 0.4) is 0 Å². The molecule has 6 rings (SSSR count). The van der Waals surface area contributed by atoms with Gasteiger partial charge in [0.15, 0.2) is 9.84 Å². The van der Waals surface area contributed by atoms with Crippen LogP contribution in [0.1, 0.15) is 0 Å². The Morgan fingerprint density at radius 2 is 1.19 bits per heavy atom. The maximum Gasteiger partial charge on any atom is 1.00 e. The van der Waals surface area contributed by atoms with Gasteiger partial charge >= 0.3 is 148 Å². The number of hydrazine groups is 1. The number of azo groups is 1. The molecule has 0 spiro atoms. The van der Waals surface area contributed by atoms with Crippen LogP contribution in [0.25, 0.3) is 21.5 Å². The molecule has 340 valence electrons. The number of fused-ring (bicyclic) bond motifs is 2. The van der Waals surface area contributed by atoms with E-state index in [1.165, 1.54) is 12.1 Å². The van der Waals surface area contributed by atoms with Gasteiger partial charge in [-0.2, -0.15) is 28.5 Å². The normalized spacial score (nSPS) is 12.1. The summed E-state index contributed by atoms with van der Waals surface area (Å²) in [7, 11) is -30.7. The molecule has 0 unspecified atom stereocenters. The van der Waals surface area contributed by atoms with Gasteiger partial charge in [-0.05, 0) is 77.7 Å². The molecule has 0 saturated carbocycles. The van der Waals surface area contributed by atoms with E-state index in [1.54, 1.807) is 0 Å². The van der Waals surface area contributed by atoms with Crippen molar-refractivity contribution in [1.82, 2.24) is 15.0 Å². The van der Waals surface area contributed by atoms with E-state index in [1.807, 2.05) is 0 Å². The SMILES string of the molecule is O=S(=O)([O-])CCS(=O)(=O)c1ccc(Nc2nc(Cl)nc(NNc3cc(S(=O)(=O)[O-])cc4cc(S(=O)(=O)O)c(N=Nc5cc(S(=O)(=O)[O-])c6cccc(S(=O)(=O)[O-])c6c5)c([O-])c34)n2)cc1.[Na+].[Na+].[Na+].[Na+].[Na+]. The second-order valence-corrected chi connectivity index (χ2v) is 22.1. The summed E-state index contributed by atoms with van der Waals surface area (Å²) < 4.78 is 202. The molecule has 1 aromatic heterocycles. The average molecular weight is 1140 g/mol. The van der Waals surface area contributed by atoms with Gasteiger partial charge in [0.25, 0.3) is 10.1 Å². The van der Waals surface area contributed by atoms with Crippen LogP contribution in [-0.4, -0.2) is 99.7 Å². The molecule has 6 aromatic rings. The fourth-order valence-corrected chi connectivity index (χ4v) is 10.9. The second-order valence-electron chi connectivity index (χ2n) is 12.7. The number of anilines is 4. The molecule has 0 saturated heterocycles. The number of halogens is 1. The largest absolute Gasteiger partial charge is 1.00 e. The van der Waals surface area contributed by atoms with Gasteiger partial charge in [0.2, 0.25) is 17.2 Å². The molecule has 0 fully saturated rings. The second kappa shape index (κ2) is 25.2. The minimum atomic E-state index is -5.51. The van der Waals surface area contributed by atoms with Crippen LogP contribution in [0.15, 0.2) is 108 Å². The smallest absolute Gasteiger partial charge is 0.870 e. The summed E-state index contributed by atoms with van der Waals surface area (Å²) in [5.74, 6) is -4.49. The van der Waals surface area contributed by atoms with Crippen molar-refractivity contribution in [3.05, 3.63) is 78.1 Å². The summed E-state index contributed by atoms with van der Waals surface area (Å²) in [6, 6.07) is 10.2. The van der Waals surface area contributed by atoms with Crippen LogP contribution in [0.2, 0.25) is 5.28 Å². The first kappa shape index (κ1) is 66.2. The predicted octanol–water partition coefficient (Wildman–Crippen LogP) is -13.2. The minimum absolute atomic E-state index is 0. The zero-order valence-electron chi connectivity index (χ0n) is 35.8. The Hall–Kier alpha value is -0.780. The molecule has 0 aliphatic heterocycles. The van der Waals surface area contributed by atoms with Crippen LogP contribution in [-0.2, 0) is 60.4 Å².